The van der Waals surface area contributed by atoms with Gasteiger partial charge in [0.05, 0.1) is 19.3 Å². The van der Waals surface area contributed by atoms with Gasteiger partial charge in [-0.25, -0.2) is 9.97 Å². The van der Waals surface area contributed by atoms with Crippen molar-refractivity contribution >= 4 is 18.8 Å². The average molecular weight is 328 g/mol. The van der Waals surface area contributed by atoms with E-state index in [-0.39, 0.29) is 24.1 Å². The Bertz CT molecular complexity index is 766. The van der Waals surface area contributed by atoms with E-state index in [0.717, 1.165) is 19.3 Å². The lowest BCUT2D eigenvalue weighted by Gasteiger charge is -2.21. The highest BCUT2D eigenvalue weighted by Crippen LogP contribution is 2.39. The number of H-pyrrole nitrogens is 1. The molecule has 2 heterocycles. The summed E-state index contributed by atoms with van der Waals surface area (Å²) in [5.41, 5.74) is 0.538. The molecule has 3 N–H and O–H groups in total. The molecule has 120 valence electrons. The molecule has 22 heavy (non-hydrogen) atoms. The third-order valence-corrected chi connectivity index (χ3v) is 4.45. The van der Waals surface area contributed by atoms with E-state index in [2.05, 4.69) is 15.0 Å². The molecule has 0 spiro atoms. The van der Waals surface area contributed by atoms with Gasteiger partial charge in [-0.15, -0.1) is 0 Å². The first-order valence-corrected chi connectivity index (χ1v) is 8.78. The zero-order chi connectivity index (χ0) is 15.7. The van der Waals surface area contributed by atoms with Gasteiger partial charge in [-0.1, -0.05) is 6.42 Å². The van der Waals surface area contributed by atoms with Gasteiger partial charge in [0, 0.05) is 12.0 Å². The Hall–Kier alpha value is -1.54. The molecular formula is C12H17N4O5P. The molecule has 1 aliphatic rings. The molecule has 1 fully saturated rings. The molecule has 0 aromatic carbocycles. The molecule has 2 atom stereocenters. The lowest BCUT2D eigenvalue weighted by Crippen LogP contribution is -2.19. The van der Waals surface area contributed by atoms with Gasteiger partial charge in [0.2, 0.25) is 0 Å². The normalized spacial score (nSPS) is 22.5. The fraction of sp³-hybridized carbons (Fsp3) is 0.583. The number of aromatic amines is 1. The molecule has 0 radical (unpaired) electrons. The Morgan fingerprint density at radius 2 is 2.23 bits per heavy atom. The second-order valence-electron chi connectivity index (χ2n) is 5.48. The number of rotatable bonds is 5. The minimum Gasteiger partial charge on any atom is -0.368 e. The van der Waals surface area contributed by atoms with Crippen LogP contribution in [0, 0.1) is 5.92 Å². The van der Waals surface area contributed by atoms with E-state index in [9.17, 15) is 9.36 Å². The van der Waals surface area contributed by atoms with Gasteiger partial charge in [-0.05, 0) is 12.8 Å². The summed E-state index contributed by atoms with van der Waals surface area (Å²) in [6, 6.07) is 0.0658. The Morgan fingerprint density at radius 1 is 1.41 bits per heavy atom. The first-order chi connectivity index (χ1) is 10.5. The van der Waals surface area contributed by atoms with Gasteiger partial charge in [-0.3, -0.25) is 9.36 Å². The zero-order valence-electron chi connectivity index (χ0n) is 11.8. The largest absolute Gasteiger partial charge is 0.368 e. The SMILES string of the molecule is O=c1[nH]cnc2c1ncn2[C@H]1CCC[C@H]1COCP(=O)(O)O. The van der Waals surface area contributed by atoms with Gasteiger partial charge in [-0.2, -0.15) is 0 Å². The van der Waals surface area contributed by atoms with Crippen LogP contribution in [0.25, 0.3) is 11.2 Å². The van der Waals surface area contributed by atoms with Crippen molar-refractivity contribution in [3.05, 3.63) is 23.0 Å². The van der Waals surface area contributed by atoms with E-state index in [1.807, 2.05) is 4.57 Å². The van der Waals surface area contributed by atoms with Crippen molar-refractivity contribution in [1.82, 2.24) is 19.5 Å². The predicted molar refractivity (Wildman–Crippen MR) is 77.4 cm³/mol. The maximum Gasteiger partial charge on any atom is 0.350 e. The quantitative estimate of drug-likeness (QED) is 0.685. The maximum absolute atomic E-state index is 11.7. The molecule has 10 heteroatoms. The minimum atomic E-state index is -4.15. The van der Waals surface area contributed by atoms with Crippen LogP contribution in [-0.2, 0) is 9.30 Å². The fourth-order valence-corrected chi connectivity index (χ4v) is 3.35. The van der Waals surface area contributed by atoms with Crippen LogP contribution in [0.4, 0.5) is 0 Å². The topological polar surface area (TPSA) is 130 Å². The average Bonchev–Trinajstić information content (AvgIpc) is 3.04. The Labute approximate surface area is 125 Å². The van der Waals surface area contributed by atoms with Crippen LogP contribution >= 0.6 is 7.60 Å². The first kappa shape index (κ1) is 15.4. The van der Waals surface area contributed by atoms with E-state index < -0.39 is 13.9 Å². The standard InChI is InChI=1S/C12H17N4O5P/c17-12-10-11(13-5-14-12)16(6-15-10)9-3-1-2-8(9)4-21-7-22(18,19)20/h5-6,8-9H,1-4,7H2,(H,13,14,17)(H2,18,19,20)/t8-,9-/m0/s1. The lowest BCUT2D eigenvalue weighted by atomic mass is 10.1. The molecular weight excluding hydrogens is 311 g/mol. The Morgan fingerprint density at radius 3 is 3.00 bits per heavy atom. The Balaban J connectivity index is 1.79. The minimum absolute atomic E-state index is 0.0658. The molecule has 3 rings (SSSR count). The van der Waals surface area contributed by atoms with Crippen LogP contribution in [0.15, 0.2) is 17.4 Å². The second-order valence-corrected chi connectivity index (χ2v) is 7.07. The fourth-order valence-electron chi connectivity index (χ4n) is 3.01. The predicted octanol–water partition coefficient (Wildman–Crippen LogP) is 0.613. The number of imidazole rings is 1. The molecule has 0 amide bonds. The van der Waals surface area contributed by atoms with E-state index in [0.29, 0.717) is 11.2 Å². The molecule has 1 saturated carbocycles. The Kier molecular flexibility index (Phi) is 4.14. The van der Waals surface area contributed by atoms with E-state index in [1.54, 1.807) is 6.33 Å². The number of hydrogen-bond acceptors (Lipinski definition) is 5. The van der Waals surface area contributed by atoms with Crippen molar-refractivity contribution in [3.63, 3.8) is 0 Å². The van der Waals surface area contributed by atoms with Gasteiger partial charge < -0.3 is 24.1 Å². The van der Waals surface area contributed by atoms with Gasteiger partial charge in [0.1, 0.15) is 6.35 Å². The highest BCUT2D eigenvalue weighted by Gasteiger charge is 2.31. The number of fused-ring (bicyclic) bond motifs is 1. The highest BCUT2D eigenvalue weighted by molar-refractivity contribution is 7.51. The molecule has 9 nitrogen and oxygen atoms in total. The van der Waals surface area contributed by atoms with Gasteiger partial charge in [0.15, 0.2) is 11.2 Å². The molecule has 0 bridgehead atoms. The van der Waals surface area contributed by atoms with Gasteiger partial charge in [0.25, 0.3) is 5.56 Å². The van der Waals surface area contributed by atoms with Crippen molar-refractivity contribution in [1.29, 1.82) is 0 Å². The highest BCUT2D eigenvalue weighted by atomic mass is 31.2. The number of aromatic nitrogens is 4. The molecule has 0 aliphatic heterocycles. The van der Waals surface area contributed by atoms with Crippen LogP contribution in [0.5, 0.6) is 0 Å². The number of hydrogen-bond donors (Lipinski definition) is 3. The van der Waals surface area contributed by atoms with E-state index in [4.69, 9.17) is 14.5 Å². The smallest absolute Gasteiger partial charge is 0.350 e. The summed E-state index contributed by atoms with van der Waals surface area (Å²) < 4.78 is 17.9. The maximum atomic E-state index is 11.7. The van der Waals surface area contributed by atoms with Crippen molar-refractivity contribution in [2.24, 2.45) is 5.92 Å². The third kappa shape index (κ3) is 3.12. The molecule has 2 aromatic rings. The number of nitrogens with zero attached hydrogens (tertiary/aromatic N) is 3. The first-order valence-electron chi connectivity index (χ1n) is 6.98. The summed E-state index contributed by atoms with van der Waals surface area (Å²) >= 11 is 0. The van der Waals surface area contributed by atoms with Crippen LogP contribution in [-0.4, -0.2) is 42.3 Å². The summed E-state index contributed by atoms with van der Waals surface area (Å²) in [7, 11) is -4.15. The summed E-state index contributed by atoms with van der Waals surface area (Å²) in [5.74, 6) is 0.116. The van der Waals surface area contributed by atoms with Crippen LogP contribution in [0.2, 0.25) is 0 Å². The summed E-state index contributed by atoms with van der Waals surface area (Å²) in [5, 5.41) is 0. The monoisotopic (exact) mass is 328 g/mol. The summed E-state index contributed by atoms with van der Waals surface area (Å²) in [6.45, 7) is 0.263. The van der Waals surface area contributed by atoms with Crippen LogP contribution < -0.4 is 5.56 Å². The van der Waals surface area contributed by atoms with Crippen molar-refractivity contribution in [2.75, 3.05) is 13.0 Å². The van der Waals surface area contributed by atoms with E-state index in [1.165, 1.54) is 6.33 Å². The molecule has 0 saturated heterocycles. The third-order valence-electron chi connectivity index (χ3n) is 3.93. The van der Waals surface area contributed by atoms with E-state index >= 15 is 0 Å². The zero-order valence-corrected chi connectivity index (χ0v) is 12.6. The van der Waals surface area contributed by atoms with Crippen molar-refractivity contribution in [3.8, 4) is 0 Å². The summed E-state index contributed by atoms with van der Waals surface area (Å²) in [4.78, 5) is 40.1. The number of nitrogens with one attached hydrogen (secondary N) is 1. The molecule has 1 aliphatic carbocycles. The van der Waals surface area contributed by atoms with Crippen molar-refractivity contribution < 1.29 is 19.1 Å². The molecule has 2 aromatic heterocycles. The lowest BCUT2D eigenvalue weighted by molar-refractivity contribution is 0.108. The summed E-state index contributed by atoms with van der Waals surface area (Å²) in [6.07, 6.45) is 5.14. The molecule has 0 unspecified atom stereocenters. The van der Waals surface area contributed by atoms with Gasteiger partial charge >= 0.3 is 7.60 Å². The van der Waals surface area contributed by atoms with Crippen LogP contribution in [0.1, 0.15) is 25.3 Å². The van der Waals surface area contributed by atoms with Crippen LogP contribution in [0.3, 0.4) is 0 Å². The second kappa shape index (κ2) is 5.92. The number of ether oxygens (including phenoxy) is 1. The van der Waals surface area contributed by atoms with Crippen molar-refractivity contribution in [2.45, 2.75) is 25.3 Å².